The number of para-hydroxylation sites is 2. The van der Waals surface area contributed by atoms with Gasteiger partial charge >= 0.3 is 0 Å². The average molecular weight is 440 g/mol. The van der Waals surface area contributed by atoms with E-state index in [1.165, 1.54) is 14.2 Å². The molecule has 4 N–H and O–H groups in total. The van der Waals surface area contributed by atoms with Crippen LogP contribution in [0.5, 0.6) is 17.2 Å². The van der Waals surface area contributed by atoms with E-state index in [1.54, 1.807) is 42.5 Å². The summed E-state index contributed by atoms with van der Waals surface area (Å²) in [5, 5.41) is 13.0. The summed E-state index contributed by atoms with van der Waals surface area (Å²) in [6.07, 6.45) is 0. The van der Waals surface area contributed by atoms with Gasteiger partial charge in [0.15, 0.2) is 11.5 Å². The van der Waals surface area contributed by atoms with Crippen LogP contribution in [0.4, 0.5) is 17.2 Å². The molecule has 11 heteroatoms. The molecule has 1 heterocycles. The van der Waals surface area contributed by atoms with Crippen molar-refractivity contribution in [1.82, 2.24) is 15.0 Å². The largest absolute Gasteiger partial charge is 0.497 e. The number of methoxy groups -OCH3 is 2. The topological polar surface area (TPSA) is 143 Å². The molecule has 1 aromatic heterocycles. The van der Waals surface area contributed by atoms with Crippen molar-refractivity contribution in [2.75, 3.05) is 37.2 Å². The number of amides is 2. The molecule has 32 heavy (non-hydrogen) atoms. The third kappa shape index (κ3) is 5.06. The highest BCUT2D eigenvalue weighted by Crippen LogP contribution is 2.29. The van der Waals surface area contributed by atoms with Crippen LogP contribution >= 0.6 is 0 Å². The van der Waals surface area contributed by atoms with Crippen molar-refractivity contribution < 1.29 is 23.8 Å². The molecule has 3 aromatic rings. The summed E-state index contributed by atoms with van der Waals surface area (Å²) in [4.78, 5) is 25.1. The van der Waals surface area contributed by atoms with Gasteiger partial charge in [-0.25, -0.2) is 4.68 Å². The van der Waals surface area contributed by atoms with E-state index >= 15 is 0 Å². The smallest absolute Gasteiger partial charge is 0.280 e. The Kier molecular flexibility index (Phi) is 7.11. The standard InChI is InChI=1S/C21H24N6O5/c1-4-32-16-8-6-5-7-14(16)24-21(29)19-20(22)27(26-25-19)12-18(28)23-15-10-9-13(30-2)11-17(15)31-3/h5-11H,4,12,22H2,1-3H3,(H,23,28)(H,24,29). The highest BCUT2D eigenvalue weighted by Gasteiger charge is 2.20. The Morgan fingerprint density at radius 2 is 1.78 bits per heavy atom. The Hall–Kier alpha value is -4.28. The molecule has 0 fully saturated rings. The van der Waals surface area contributed by atoms with E-state index in [0.29, 0.717) is 35.2 Å². The Morgan fingerprint density at radius 1 is 1.03 bits per heavy atom. The first-order valence-electron chi connectivity index (χ1n) is 9.70. The molecule has 11 nitrogen and oxygen atoms in total. The molecule has 3 rings (SSSR count). The second-order valence-electron chi connectivity index (χ2n) is 6.48. The van der Waals surface area contributed by atoms with Gasteiger partial charge in [0.25, 0.3) is 5.91 Å². The summed E-state index contributed by atoms with van der Waals surface area (Å²) in [5.41, 5.74) is 6.83. The molecule has 2 amide bonds. The van der Waals surface area contributed by atoms with E-state index < -0.39 is 11.8 Å². The number of nitrogen functional groups attached to an aromatic ring is 1. The highest BCUT2D eigenvalue weighted by molar-refractivity contribution is 6.06. The fraction of sp³-hybridized carbons (Fsp3) is 0.238. The number of ether oxygens (including phenoxy) is 3. The van der Waals surface area contributed by atoms with E-state index in [0.717, 1.165) is 4.68 Å². The number of aromatic nitrogens is 3. The van der Waals surface area contributed by atoms with E-state index in [-0.39, 0.29) is 18.1 Å². The SMILES string of the molecule is CCOc1ccccc1NC(=O)c1nnn(CC(=O)Nc2ccc(OC)cc2OC)c1N. The van der Waals surface area contributed by atoms with Crippen molar-refractivity contribution >= 4 is 29.0 Å². The first kappa shape index (κ1) is 22.4. The number of carbonyl (C=O) groups excluding carboxylic acids is 2. The van der Waals surface area contributed by atoms with Crippen molar-refractivity contribution in [3.8, 4) is 17.2 Å². The zero-order valence-electron chi connectivity index (χ0n) is 17.9. The lowest BCUT2D eigenvalue weighted by molar-refractivity contribution is -0.116. The van der Waals surface area contributed by atoms with Crippen molar-refractivity contribution in [1.29, 1.82) is 0 Å². The highest BCUT2D eigenvalue weighted by atomic mass is 16.5. The Bertz CT molecular complexity index is 1110. The third-order valence-electron chi connectivity index (χ3n) is 4.40. The summed E-state index contributed by atoms with van der Waals surface area (Å²) in [5.74, 6) is 0.478. The van der Waals surface area contributed by atoms with Crippen LogP contribution in [0.1, 0.15) is 17.4 Å². The van der Waals surface area contributed by atoms with Gasteiger partial charge in [0.2, 0.25) is 5.91 Å². The molecule has 0 saturated heterocycles. The van der Waals surface area contributed by atoms with Gasteiger partial charge in [-0.1, -0.05) is 17.3 Å². The van der Waals surface area contributed by atoms with Crippen LogP contribution in [-0.4, -0.2) is 47.6 Å². The Morgan fingerprint density at radius 3 is 2.50 bits per heavy atom. The van der Waals surface area contributed by atoms with Gasteiger partial charge in [0, 0.05) is 6.07 Å². The number of carbonyl (C=O) groups is 2. The van der Waals surface area contributed by atoms with Gasteiger partial charge < -0.3 is 30.6 Å². The zero-order valence-corrected chi connectivity index (χ0v) is 17.9. The fourth-order valence-electron chi connectivity index (χ4n) is 2.86. The van der Waals surface area contributed by atoms with Gasteiger partial charge in [-0.15, -0.1) is 5.10 Å². The number of nitrogens with two attached hydrogens (primary N) is 1. The van der Waals surface area contributed by atoms with Crippen molar-refractivity contribution in [2.24, 2.45) is 0 Å². The molecule has 0 aliphatic carbocycles. The summed E-state index contributed by atoms with van der Waals surface area (Å²) < 4.78 is 17.0. The number of hydrogen-bond acceptors (Lipinski definition) is 8. The normalized spacial score (nSPS) is 10.3. The lowest BCUT2D eigenvalue weighted by Gasteiger charge is -2.12. The summed E-state index contributed by atoms with van der Waals surface area (Å²) in [7, 11) is 3.01. The Balaban J connectivity index is 1.70. The molecule has 0 radical (unpaired) electrons. The van der Waals surface area contributed by atoms with Crippen LogP contribution in [0.15, 0.2) is 42.5 Å². The second kappa shape index (κ2) is 10.2. The van der Waals surface area contributed by atoms with Crippen LogP contribution in [0.2, 0.25) is 0 Å². The zero-order chi connectivity index (χ0) is 23.1. The number of nitrogens with one attached hydrogen (secondary N) is 2. The van der Waals surface area contributed by atoms with Gasteiger partial charge in [0.05, 0.1) is 32.2 Å². The summed E-state index contributed by atoms with van der Waals surface area (Å²) in [6.45, 7) is 2.03. The molecule has 0 unspecified atom stereocenters. The maximum absolute atomic E-state index is 12.6. The molecule has 0 aliphatic heterocycles. The molecule has 2 aromatic carbocycles. The lowest BCUT2D eigenvalue weighted by atomic mass is 10.2. The fourth-order valence-corrected chi connectivity index (χ4v) is 2.86. The van der Waals surface area contributed by atoms with Crippen LogP contribution in [0.25, 0.3) is 0 Å². The van der Waals surface area contributed by atoms with E-state index in [9.17, 15) is 9.59 Å². The molecular formula is C21H24N6O5. The van der Waals surface area contributed by atoms with E-state index in [1.807, 2.05) is 6.92 Å². The third-order valence-corrected chi connectivity index (χ3v) is 4.40. The van der Waals surface area contributed by atoms with Crippen molar-refractivity contribution in [3.63, 3.8) is 0 Å². The monoisotopic (exact) mass is 440 g/mol. The number of nitrogens with zero attached hydrogens (tertiary/aromatic N) is 3. The predicted molar refractivity (Wildman–Crippen MR) is 118 cm³/mol. The van der Waals surface area contributed by atoms with Crippen molar-refractivity contribution in [3.05, 3.63) is 48.2 Å². The molecule has 0 saturated carbocycles. The quantitative estimate of drug-likeness (QED) is 0.459. The number of benzene rings is 2. The number of hydrogen-bond donors (Lipinski definition) is 3. The van der Waals surface area contributed by atoms with Gasteiger partial charge in [0.1, 0.15) is 23.8 Å². The maximum atomic E-state index is 12.6. The average Bonchev–Trinajstić information content (AvgIpc) is 3.15. The minimum absolute atomic E-state index is 0.0479. The van der Waals surface area contributed by atoms with Gasteiger partial charge in [-0.2, -0.15) is 0 Å². The summed E-state index contributed by atoms with van der Waals surface area (Å²) >= 11 is 0. The van der Waals surface area contributed by atoms with E-state index in [2.05, 4.69) is 20.9 Å². The Labute approximate surface area is 184 Å². The molecule has 0 atom stereocenters. The number of rotatable bonds is 9. The molecule has 168 valence electrons. The van der Waals surface area contributed by atoms with Crippen LogP contribution in [0.3, 0.4) is 0 Å². The van der Waals surface area contributed by atoms with Crippen LogP contribution in [-0.2, 0) is 11.3 Å². The number of anilines is 3. The molecule has 0 bridgehead atoms. The first-order valence-corrected chi connectivity index (χ1v) is 9.70. The second-order valence-corrected chi connectivity index (χ2v) is 6.48. The molecular weight excluding hydrogens is 416 g/mol. The van der Waals surface area contributed by atoms with Gasteiger partial charge in [-0.3, -0.25) is 9.59 Å². The van der Waals surface area contributed by atoms with Gasteiger partial charge in [-0.05, 0) is 31.2 Å². The van der Waals surface area contributed by atoms with E-state index in [4.69, 9.17) is 19.9 Å². The van der Waals surface area contributed by atoms with Crippen LogP contribution in [0, 0.1) is 0 Å². The summed E-state index contributed by atoms with van der Waals surface area (Å²) in [6, 6.07) is 12.0. The maximum Gasteiger partial charge on any atom is 0.280 e. The predicted octanol–water partition coefficient (Wildman–Crippen LogP) is 2.17. The minimum Gasteiger partial charge on any atom is -0.497 e. The molecule has 0 spiro atoms. The first-order chi connectivity index (χ1) is 15.5. The van der Waals surface area contributed by atoms with Crippen LogP contribution < -0.4 is 30.6 Å². The minimum atomic E-state index is -0.571. The van der Waals surface area contributed by atoms with Crippen molar-refractivity contribution in [2.45, 2.75) is 13.5 Å². The molecule has 0 aliphatic rings. The lowest BCUT2D eigenvalue weighted by Crippen LogP contribution is -2.21.